The van der Waals surface area contributed by atoms with Gasteiger partial charge in [-0.25, -0.2) is 4.99 Å². The van der Waals surface area contributed by atoms with Crippen LogP contribution in [0.5, 0.6) is 0 Å². The Hall–Kier alpha value is -2.10. The van der Waals surface area contributed by atoms with Gasteiger partial charge in [-0.3, -0.25) is 0 Å². The smallest absolute Gasteiger partial charge is 0.190 e. The van der Waals surface area contributed by atoms with Crippen LogP contribution in [0.15, 0.2) is 72.2 Å². The Labute approximate surface area is 145 Å². The molecular formula is C19H17ClN2S. The monoisotopic (exact) mass is 340 g/mol. The van der Waals surface area contributed by atoms with Gasteiger partial charge >= 0.3 is 0 Å². The minimum Gasteiger partial charge on any atom is -0.312 e. The Kier molecular flexibility index (Phi) is 4.79. The molecule has 3 aromatic rings. The molecule has 0 saturated heterocycles. The number of benzene rings is 2. The van der Waals surface area contributed by atoms with Crippen molar-refractivity contribution in [3.8, 4) is 11.3 Å². The van der Waals surface area contributed by atoms with Gasteiger partial charge in [0.05, 0.1) is 11.4 Å². The first-order valence-electron chi connectivity index (χ1n) is 7.36. The second kappa shape index (κ2) is 6.99. The molecule has 0 N–H and O–H groups in total. The summed E-state index contributed by atoms with van der Waals surface area (Å²) in [6.07, 6.45) is 1.90. The molecule has 0 bridgehead atoms. The fourth-order valence-electron chi connectivity index (χ4n) is 2.49. The van der Waals surface area contributed by atoms with Crippen molar-refractivity contribution in [1.29, 1.82) is 0 Å². The minimum absolute atomic E-state index is 0.716. The van der Waals surface area contributed by atoms with E-state index >= 15 is 0 Å². The fourth-order valence-corrected chi connectivity index (χ4v) is 3.64. The van der Waals surface area contributed by atoms with Crippen molar-refractivity contribution in [2.45, 2.75) is 13.5 Å². The maximum absolute atomic E-state index is 6.01. The van der Waals surface area contributed by atoms with Crippen LogP contribution < -0.4 is 4.80 Å². The summed E-state index contributed by atoms with van der Waals surface area (Å²) in [4.78, 5) is 6.99. The zero-order valence-corrected chi connectivity index (χ0v) is 14.4. The maximum Gasteiger partial charge on any atom is 0.190 e. The molecular weight excluding hydrogens is 324 g/mol. The molecule has 23 heavy (non-hydrogen) atoms. The molecule has 1 aromatic heterocycles. The number of thiazole rings is 1. The van der Waals surface area contributed by atoms with Crippen LogP contribution in [-0.2, 0) is 6.54 Å². The van der Waals surface area contributed by atoms with Crippen LogP contribution in [0.25, 0.3) is 11.3 Å². The molecule has 1 heterocycles. The number of para-hydroxylation sites is 1. The van der Waals surface area contributed by atoms with E-state index in [1.807, 2.05) is 60.7 Å². The Morgan fingerprint density at radius 2 is 1.83 bits per heavy atom. The Bertz CT molecular complexity index is 874. The molecule has 0 amide bonds. The van der Waals surface area contributed by atoms with E-state index in [1.54, 1.807) is 11.3 Å². The molecule has 116 valence electrons. The summed E-state index contributed by atoms with van der Waals surface area (Å²) in [6, 6.07) is 17.9. The molecule has 0 saturated carbocycles. The molecule has 0 aliphatic rings. The van der Waals surface area contributed by atoms with Crippen LogP contribution in [0.4, 0.5) is 5.69 Å². The van der Waals surface area contributed by atoms with Gasteiger partial charge in [0.25, 0.3) is 0 Å². The number of aromatic nitrogens is 1. The van der Waals surface area contributed by atoms with Crippen LogP contribution >= 0.6 is 22.9 Å². The lowest BCUT2D eigenvalue weighted by molar-refractivity contribution is 0.798. The third kappa shape index (κ3) is 3.46. The normalized spacial score (nSPS) is 11.7. The molecule has 3 rings (SSSR count). The lowest BCUT2D eigenvalue weighted by Crippen LogP contribution is -2.14. The Morgan fingerprint density at radius 3 is 2.48 bits per heavy atom. The van der Waals surface area contributed by atoms with Crippen molar-refractivity contribution < 1.29 is 0 Å². The summed E-state index contributed by atoms with van der Waals surface area (Å²) in [6.45, 7) is 6.72. The number of rotatable bonds is 4. The number of hydrogen-bond acceptors (Lipinski definition) is 2. The number of halogens is 1. The molecule has 2 nitrogen and oxygen atoms in total. The van der Waals surface area contributed by atoms with Crippen molar-refractivity contribution >= 4 is 28.6 Å². The number of allylic oxidation sites excluding steroid dienone is 1. The third-order valence-electron chi connectivity index (χ3n) is 3.49. The van der Waals surface area contributed by atoms with Gasteiger partial charge in [0.1, 0.15) is 0 Å². The van der Waals surface area contributed by atoms with Crippen molar-refractivity contribution in [3.63, 3.8) is 0 Å². The number of aryl methyl sites for hydroxylation is 1. The Balaban J connectivity index is 2.19. The highest BCUT2D eigenvalue weighted by molar-refractivity contribution is 7.09. The molecule has 0 fully saturated rings. The predicted octanol–water partition coefficient (Wildman–Crippen LogP) is 5.60. The lowest BCUT2D eigenvalue weighted by Gasteiger charge is -2.08. The first-order chi connectivity index (χ1) is 11.2. The highest BCUT2D eigenvalue weighted by atomic mass is 35.5. The van der Waals surface area contributed by atoms with Crippen molar-refractivity contribution in [1.82, 2.24) is 4.57 Å². The highest BCUT2D eigenvalue weighted by Crippen LogP contribution is 2.27. The molecule has 0 spiro atoms. The quantitative estimate of drug-likeness (QED) is 0.550. The highest BCUT2D eigenvalue weighted by Gasteiger charge is 2.12. The second-order valence-corrected chi connectivity index (χ2v) is 6.76. The first kappa shape index (κ1) is 15.8. The van der Waals surface area contributed by atoms with Crippen molar-refractivity contribution in [2.24, 2.45) is 4.99 Å². The van der Waals surface area contributed by atoms with Gasteiger partial charge in [-0.1, -0.05) is 48.0 Å². The summed E-state index contributed by atoms with van der Waals surface area (Å²) < 4.78 is 2.20. The zero-order valence-electron chi connectivity index (χ0n) is 12.9. The predicted molar refractivity (Wildman–Crippen MR) is 99.4 cm³/mol. The summed E-state index contributed by atoms with van der Waals surface area (Å²) in [5.41, 5.74) is 3.26. The molecule has 0 unspecified atom stereocenters. The van der Waals surface area contributed by atoms with Gasteiger partial charge < -0.3 is 4.57 Å². The zero-order chi connectivity index (χ0) is 16.2. The van der Waals surface area contributed by atoms with E-state index < -0.39 is 0 Å². The largest absolute Gasteiger partial charge is 0.312 e. The van der Waals surface area contributed by atoms with Crippen LogP contribution in [0.1, 0.15) is 4.88 Å². The number of hydrogen-bond donors (Lipinski definition) is 0. The standard InChI is InChI=1S/C19H17ClN2S/c1-3-13-22-18(15-9-11-16(20)12-10-15)14(2)23-19(22)21-17-7-5-4-6-8-17/h3-12H,1,13H2,2H3. The third-order valence-corrected chi connectivity index (χ3v) is 4.73. The lowest BCUT2D eigenvalue weighted by atomic mass is 10.1. The minimum atomic E-state index is 0.716. The van der Waals surface area contributed by atoms with Crippen LogP contribution in [-0.4, -0.2) is 4.57 Å². The van der Waals surface area contributed by atoms with E-state index in [4.69, 9.17) is 16.6 Å². The topological polar surface area (TPSA) is 17.3 Å². The molecule has 2 aromatic carbocycles. The van der Waals surface area contributed by atoms with E-state index in [0.717, 1.165) is 21.1 Å². The number of nitrogens with zero attached hydrogens (tertiary/aromatic N) is 2. The van der Waals surface area contributed by atoms with E-state index in [2.05, 4.69) is 18.1 Å². The summed E-state index contributed by atoms with van der Waals surface area (Å²) in [5.74, 6) is 0. The fraction of sp³-hybridized carbons (Fsp3) is 0.105. The van der Waals surface area contributed by atoms with E-state index in [0.29, 0.717) is 6.54 Å². The average molecular weight is 341 g/mol. The van der Waals surface area contributed by atoms with Crippen LogP contribution in [0.3, 0.4) is 0 Å². The van der Waals surface area contributed by atoms with Crippen molar-refractivity contribution in [3.05, 3.63) is 82.0 Å². The molecule has 4 heteroatoms. The van der Waals surface area contributed by atoms with E-state index in [1.165, 1.54) is 10.6 Å². The van der Waals surface area contributed by atoms with Gasteiger partial charge in [0.15, 0.2) is 4.80 Å². The summed E-state index contributed by atoms with van der Waals surface area (Å²) in [7, 11) is 0. The van der Waals surface area contributed by atoms with Gasteiger partial charge in [-0.05, 0) is 36.8 Å². The Morgan fingerprint density at radius 1 is 1.13 bits per heavy atom. The van der Waals surface area contributed by atoms with Crippen LogP contribution in [0, 0.1) is 6.92 Å². The van der Waals surface area contributed by atoms with Gasteiger partial charge in [0.2, 0.25) is 0 Å². The second-order valence-electron chi connectivity index (χ2n) is 5.14. The molecule has 0 aliphatic heterocycles. The summed E-state index contributed by atoms with van der Waals surface area (Å²) >= 11 is 7.70. The summed E-state index contributed by atoms with van der Waals surface area (Å²) in [5, 5.41) is 0.742. The molecule has 0 atom stereocenters. The van der Waals surface area contributed by atoms with E-state index in [9.17, 15) is 0 Å². The molecule has 0 aliphatic carbocycles. The molecule has 0 radical (unpaired) electrons. The van der Waals surface area contributed by atoms with Gasteiger partial charge in [-0.15, -0.1) is 17.9 Å². The van der Waals surface area contributed by atoms with Crippen molar-refractivity contribution in [2.75, 3.05) is 0 Å². The van der Waals surface area contributed by atoms with Gasteiger partial charge in [0, 0.05) is 16.4 Å². The SMILES string of the molecule is C=CCn1c(-c2ccc(Cl)cc2)c(C)sc1=Nc1ccccc1. The van der Waals surface area contributed by atoms with Crippen LogP contribution in [0.2, 0.25) is 5.02 Å². The van der Waals surface area contributed by atoms with Gasteiger partial charge in [-0.2, -0.15) is 0 Å². The van der Waals surface area contributed by atoms with E-state index in [-0.39, 0.29) is 0 Å². The maximum atomic E-state index is 6.01. The first-order valence-corrected chi connectivity index (χ1v) is 8.55. The average Bonchev–Trinajstić information content (AvgIpc) is 2.85.